The van der Waals surface area contributed by atoms with Gasteiger partial charge in [0.2, 0.25) is 11.9 Å². The highest BCUT2D eigenvalue weighted by molar-refractivity contribution is 7.12. The van der Waals surface area contributed by atoms with E-state index in [1.807, 2.05) is 40.3 Å². The molecule has 1 N–H and O–H groups in total. The Morgan fingerprint density at radius 1 is 1.13 bits per heavy atom. The maximum atomic E-state index is 12.7. The minimum atomic E-state index is -0.465. The fourth-order valence-corrected chi connectivity index (χ4v) is 4.05. The standard InChI is InChI=1S/C20H24N8O2S/c1-3-25(4-2)11-12-26-16-9-6-5-8-15(16)21-19(26)22-17(29)14-27-20(30)28(24-23-27)18-10-7-13-31-18/h5-10,13H,3-4,11-12,14H2,1-2H3,(H,21,22,29). The van der Waals surface area contributed by atoms with Crippen molar-refractivity contribution >= 4 is 34.2 Å². The summed E-state index contributed by atoms with van der Waals surface area (Å²) in [6.07, 6.45) is 0. The molecule has 0 aliphatic heterocycles. The zero-order valence-corrected chi connectivity index (χ0v) is 18.2. The van der Waals surface area contributed by atoms with Crippen LogP contribution in [0.3, 0.4) is 0 Å². The number of amides is 1. The molecule has 0 saturated heterocycles. The Hall–Kier alpha value is -3.31. The second kappa shape index (κ2) is 9.23. The molecule has 1 amide bonds. The number of tetrazole rings is 1. The summed E-state index contributed by atoms with van der Waals surface area (Å²) >= 11 is 1.37. The average molecular weight is 441 g/mol. The number of hydrogen-bond donors (Lipinski definition) is 1. The number of para-hydroxylation sites is 2. The molecule has 3 heterocycles. The molecule has 0 aliphatic carbocycles. The molecule has 0 fully saturated rings. The highest BCUT2D eigenvalue weighted by atomic mass is 32.1. The molecule has 1 aromatic carbocycles. The lowest BCUT2D eigenvalue weighted by atomic mass is 10.3. The molecule has 31 heavy (non-hydrogen) atoms. The molecule has 0 aliphatic rings. The number of rotatable bonds is 9. The smallest absolute Gasteiger partial charge is 0.309 e. The topological polar surface area (TPSA) is 103 Å². The molecule has 4 rings (SSSR count). The summed E-state index contributed by atoms with van der Waals surface area (Å²) < 4.78 is 4.21. The van der Waals surface area contributed by atoms with Gasteiger partial charge < -0.3 is 9.47 Å². The van der Waals surface area contributed by atoms with Crippen molar-refractivity contribution in [2.75, 3.05) is 25.0 Å². The SMILES string of the molecule is CCN(CC)CCn1c(NC(=O)Cn2nnn(-c3cccs3)c2=O)nc2ccccc21. The van der Waals surface area contributed by atoms with E-state index < -0.39 is 5.69 Å². The van der Waals surface area contributed by atoms with Crippen molar-refractivity contribution in [2.45, 2.75) is 26.9 Å². The second-order valence-electron chi connectivity index (χ2n) is 6.93. The molecule has 0 atom stereocenters. The highest BCUT2D eigenvalue weighted by Gasteiger charge is 2.17. The molecule has 0 bridgehead atoms. The van der Waals surface area contributed by atoms with Gasteiger partial charge in [0.05, 0.1) is 11.0 Å². The van der Waals surface area contributed by atoms with Crippen LogP contribution in [-0.2, 0) is 17.9 Å². The molecule has 3 aromatic heterocycles. The first-order valence-corrected chi connectivity index (χ1v) is 11.0. The van der Waals surface area contributed by atoms with Gasteiger partial charge in [-0.15, -0.1) is 11.3 Å². The van der Waals surface area contributed by atoms with Gasteiger partial charge in [-0.25, -0.2) is 9.78 Å². The van der Waals surface area contributed by atoms with Gasteiger partial charge in [-0.3, -0.25) is 10.1 Å². The van der Waals surface area contributed by atoms with Crippen molar-refractivity contribution in [1.82, 2.24) is 34.2 Å². The van der Waals surface area contributed by atoms with Crippen molar-refractivity contribution < 1.29 is 4.79 Å². The van der Waals surface area contributed by atoms with Gasteiger partial charge in [0, 0.05) is 13.1 Å². The van der Waals surface area contributed by atoms with E-state index in [2.05, 4.69) is 39.5 Å². The number of aromatic nitrogens is 6. The second-order valence-corrected chi connectivity index (χ2v) is 7.86. The summed E-state index contributed by atoms with van der Waals surface area (Å²) in [5.74, 6) is 0.0665. The van der Waals surface area contributed by atoms with Crippen LogP contribution in [0.4, 0.5) is 5.95 Å². The first-order valence-electron chi connectivity index (χ1n) is 10.1. The van der Waals surface area contributed by atoms with Crippen molar-refractivity contribution in [3.8, 4) is 5.00 Å². The molecule has 162 valence electrons. The molecule has 4 aromatic rings. The molecule has 0 saturated carbocycles. The van der Waals surface area contributed by atoms with Crippen LogP contribution in [0.15, 0.2) is 46.6 Å². The average Bonchev–Trinajstić information content (AvgIpc) is 3.49. The summed E-state index contributed by atoms with van der Waals surface area (Å²) in [5, 5.41) is 13.0. The molecule has 10 nitrogen and oxygen atoms in total. The van der Waals surface area contributed by atoms with E-state index in [9.17, 15) is 9.59 Å². The number of nitrogens with one attached hydrogen (secondary N) is 1. The van der Waals surface area contributed by atoms with E-state index in [4.69, 9.17) is 0 Å². The monoisotopic (exact) mass is 440 g/mol. The van der Waals surface area contributed by atoms with Gasteiger partial charge in [-0.05, 0) is 53.2 Å². The number of imidazole rings is 1. The number of fused-ring (bicyclic) bond motifs is 1. The third-order valence-corrected chi connectivity index (χ3v) is 5.93. The minimum Gasteiger partial charge on any atom is -0.309 e. The molecular formula is C20H24N8O2S. The molecule has 0 unspecified atom stereocenters. The van der Waals surface area contributed by atoms with Crippen LogP contribution in [0.5, 0.6) is 0 Å². The van der Waals surface area contributed by atoms with Crippen molar-refractivity contribution in [2.24, 2.45) is 0 Å². The Morgan fingerprint density at radius 3 is 2.68 bits per heavy atom. The third kappa shape index (κ3) is 4.42. The largest absolute Gasteiger partial charge is 0.369 e. The van der Waals surface area contributed by atoms with Crippen LogP contribution in [0, 0.1) is 0 Å². The summed E-state index contributed by atoms with van der Waals surface area (Å²) in [5.41, 5.74) is 1.29. The minimum absolute atomic E-state index is 0.247. The Bertz CT molecular complexity index is 1220. The van der Waals surface area contributed by atoms with Gasteiger partial charge in [0.25, 0.3) is 0 Å². The summed E-state index contributed by atoms with van der Waals surface area (Å²) in [7, 11) is 0. The fraction of sp³-hybridized carbons (Fsp3) is 0.350. The quantitative estimate of drug-likeness (QED) is 0.426. The predicted molar refractivity (Wildman–Crippen MR) is 120 cm³/mol. The Labute approximate surface area is 182 Å². The number of hydrogen-bond acceptors (Lipinski definition) is 7. The van der Waals surface area contributed by atoms with E-state index in [0.29, 0.717) is 17.5 Å². The number of carbonyl (C=O) groups excluding carboxylic acids is 1. The highest BCUT2D eigenvalue weighted by Crippen LogP contribution is 2.19. The van der Waals surface area contributed by atoms with Gasteiger partial charge in [0.1, 0.15) is 11.5 Å². The number of likely N-dealkylation sites (N-methyl/N-ethyl adjacent to an activating group) is 1. The lowest BCUT2D eigenvalue weighted by Crippen LogP contribution is -2.31. The van der Waals surface area contributed by atoms with Crippen LogP contribution in [0.2, 0.25) is 0 Å². The van der Waals surface area contributed by atoms with Crippen LogP contribution in [0.25, 0.3) is 16.0 Å². The fourth-order valence-electron chi connectivity index (χ4n) is 3.38. The van der Waals surface area contributed by atoms with Crippen LogP contribution < -0.4 is 11.0 Å². The number of anilines is 1. The maximum Gasteiger partial charge on any atom is 0.369 e. The van der Waals surface area contributed by atoms with Crippen molar-refractivity contribution in [1.29, 1.82) is 0 Å². The van der Waals surface area contributed by atoms with E-state index in [1.165, 1.54) is 16.0 Å². The first kappa shape index (κ1) is 20.9. The Kier molecular flexibility index (Phi) is 6.23. The van der Waals surface area contributed by atoms with Crippen molar-refractivity contribution in [3.63, 3.8) is 0 Å². The first-order chi connectivity index (χ1) is 15.1. The normalized spacial score (nSPS) is 11.5. The number of nitrogens with zero attached hydrogens (tertiary/aromatic N) is 7. The van der Waals surface area contributed by atoms with E-state index >= 15 is 0 Å². The summed E-state index contributed by atoms with van der Waals surface area (Å²) in [6.45, 7) is 7.43. The molecule has 0 radical (unpaired) electrons. The van der Waals surface area contributed by atoms with E-state index in [-0.39, 0.29) is 12.5 Å². The van der Waals surface area contributed by atoms with E-state index in [1.54, 1.807) is 6.07 Å². The van der Waals surface area contributed by atoms with E-state index in [0.717, 1.165) is 35.3 Å². The Morgan fingerprint density at radius 2 is 1.94 bits per heavy atom. The van der Waals surface area contributed by atoms with Gasteiger partial charge in [-0.2, -0.15) is 9.36 Å². The van der Waals surface area contributed by atoms with Crippen molar-refractivity contribution in [3.05, 3.63) is 52.3 Å². The number of benzene rings is 1. The lowest BCUT2D eigenvalue weighted by molar-refractivity contribution is -0.117. The number of thiophene rings is 1. The predicted octanol–water partition coefficient (Wildman–Crippen LogP) is 1.82. The van der Waals surface area contributed by atoms with Gasteiger partial charge >= 0.3 is 5.69 Å². The summed E-state index contributed by atoms with van der Waals surface area (Å²) in [4.78, 5) is 32.1. The van der Waals surface area contributed by atoms with Crippen LogP contribution in [0.1, 0.15) is 13.8 Å². The zero-order valence-electron chi connectivity index (χ0n) is 17.4. The number of carbonyl (C=O) groups is 1. The third-order valence-electron chi connectivity index (χ3n) is 5.09. The Balaban J connectivity index is 1.53. The summed E-state index contributed by atoms with van der Waals surface area (Å²) in [6, 6.07) is 11.3. The van der Waals surface area contributed by atoms with Gasteiger partial charge in [0.15, 0.2) is 0 Å². The van der Waals surface area contributed by atoms with Gasteiger partial charge in [-0.1, -0.05) is 26.0 Å². The molecule has 0 spiro atoms. The molecule has 11 heteroatoms. The zero-order chi connectivity index (χ0) is 21.8. The lowest BCUT2D eigenvalue weighted by Gasteiger charge is -2.19. The maximum absolute atomic E-state index is 12.7. The molecular weight excluding hydrogens is 416 g/mol. The van der Waals surface area contributed by atoms with Crippen LogP contribution in [-0.4, -0.2) is 59.8 Å². The van der Waals surface area contributed by atoms with Crippen LogP contribution >= 0.6 is 11.3 Å².